The van der Waals surface area contributed by atoms with Gasteiger partial charge in [-0.3, -0.25) is 0 Å². The Labute approximate surface area is 116 Å². The lowest BCUT2D eigenvalue weighted by atomic mass is 10.1. The van der Waals surface area contributed by atoms with E-state index in [1.165, 1.54) is 24.1 Å². The van der Waals surface area contributed by atoms with Crippen LogP contribution in [0.5, 0.6) is 0 Å². The predicted molar refractivity (Wildman–Crippen MR) is 80.7 cm³/mol. The minimum atomic E-state index is 0.409. The van der Waals surface area contributed by atoms with Gasteiger partial charge in [0.2, 0.25) is 0 Å². The molecule has 3 nitrogen and oxygen atoms in total. The van der Waals surface area contributed by atoms with Gasteiger partial charge in [0, 0.05) is 31.9 Å². The van der Waals surface area contributed by atoms with Gasteiger partial charge in [0.25, 0.3) is 0 Å². The number of para-hydroxylation sites is 1. The third kappa shape index (κ3) is 3.95. The lowest BCUT2D eigenvalue weighted by Gasteiger charge is -2.28. The summed E-state index contributed by atoms with van der Waals surface area (Å²) in [5.41, 5.74) is 2.73. The number of hydrogen-bond acceptors (Lipinski definition) is 3. The second-order valence-electron chi connectivity index (χ2n) is 5.08. The fraction of sp³-hybridized carbons (Fsp3) is 0.625. The van der Waals surface area contributed by atoms with Crippen molar-refractivity contribution in [2.75, 3.05) is 31.1 Å². The van der Waals surface area contributed by atoms with Crippen molar-refractivity contribution in [2.45, 2.75) is 39.3 Å². The number of nitrogens with zero attached hydrogens (tertiary/aromatic N) is 1. The normalized spacial score (nSPS) is 18.7. The zero-order valence-electron chi connectivity index (χ0n) is 12.2. The molecule has 0 amide bonds. The third-order valence-electron chi connectivity index (χ3n) is 3.73. The van der Waals surface area contributed by atoms with Gasteiger partial charge in [-0.2, -0.15) is 0 Å². The number of nitrogens with one attached hydrogen (secondary N) is 1. The molecule has 1 N–H and O–H groups in total. The van der Waals surface area contributed by atoms with E-state index >= 15 is 0 Å². The molecule has 1 unspecified atom stereocenters. The smallest absolute Gasteiger partial charge is 0.0750 e. The fourth-order valence-electron chi connectivity index (χ4n) is 2.66. The first kappa shape index (κ1) is 14.4. The first-order valence-electron chi connectivity index (χ1n) is 7.50. The Hall–Kier alpha value is -1.06. The Balaban J connectivity index is 2.07. The van der Waals surface area contributed by atoms with Crippen molar-refractivity contribution >= 4 is 5.69 Å². The summed E-state index contributed by atoms with van der Waals surface area (Å²) in [6.07, 6.45) is 2.82. The van der Waals surface area contributed by atoms with E-state index in [-0.39, 0.29) is 0 Å². The van der Waals surface area contributed by atoms with Gasteiger partial charge in [-0.1, -0.05) is 25.1 Å². The largest absolute Gasteiger partial charge is 0.376 e. The first-order valence-corrected chi connectivity index (χ1v) is 7.50. The molecule has 0 aromatic heterocycles. The summed E-state index contributed by atoms with van der Waals surface area (Å²) in [6.45, 7) is 9.29. The minimum Gasteiger partial charge on any atom is -0.376 e. The molecular weight excluding hydrogens is 236 g/mol. The molecular formula is C16H26N2O. The van der Waals surface area contributed by atoms with Crippen LogP contribution in [0.15, 0.2) is 24.3 Å². The van der Waals surface area contributed by atoms with E-state index in [2.05, 4.69) is 48.3 Å². The van der Waals surface area contributed by atoms with Crippen LogP contribution in [0, 0.1) is 0 Å². The predicted octanol–water partition coefficient (Wildman–Crippen LogP) is 2.80. The van der Waals surface area contributed by atoms with Crippen molar-refractivity contribution in [1.82, 2.24) is 5.32 Å². The topological polar surface area (TPSA) is 24.5 Å². The van der Waals surface area contributed by atoms with E-state index in [4.69, 9.17) is 4.74 Å². The van der Waals surface area contributed by atoms with Gasteiger partial charge in [-0.05, 0) is 37.9 Å². The van der Waals surface area contributed by atoms with Crippen LogP contribution in [0.2, 0.25) is 0 Å². The highest BCUT2D eigenvalue weighted by atomic mass is 16.5. The Morgan fingerprint density at radius 3 is 2.84 bits per heavy atom. The standard InChI is InChI=1S/C16H26N2O/c1-3-17-12-14-8-5-6-10-16(14)18(4-2)13-15-9-7-11-19-15/h5-6,8,10,15,17H,3-4,7,9,11-13H2,1-2H3. The molecule has 2 rings (SSSR count). The van der Waals surface area contributed by atoms with Gasteiger partial charge < -0.3 is 15.0 Å². The molecule has 19 heavy (non-hydrogen) atoms. The second-order valence-corrected chi connectivity index (χ2v) is 5.08. The summed E-state index contributed by atoms with van der Waals surface area (Å²) in [6, 6.07) is 8.69. The van der Waals surface area contributed by atoms with Crippen molar-refractivity contribution in [1.29, 1.82) is 0 Å². The average Bonchev–Trinajstić information content (AvgIpc) is 2.96. The lowest BCUT2D eigenvalue weighted by molar-refractivity contribution is 0.115. The van der Waals surface area contributed by atoms with Gasteiger partial charge >= 0.3 is 0 Å². The SMILES string of the molecule is CCNCc1ccccc1N(CC)CC1CCCO1. The highest BCUT2D eigenvalue weighted by molar-refractivity contribution is 5.53. The summed E-state index contributed by atoms with van der Waals surface area (Å²) < 4.78 is 5.77. The zero-order valence-corrected chi connectivity index (χ0v) is 12.2. The Bertz CT molecular complexity index is 375. The van der Waals surface area contributed by atoms with Gasteiger partial charge in [-0.25, -0.2) is 0 Å². The number of likely N-dealkylation sites (N-methyl/N-ethyl adjacent to an activating group) is 1. The Morgan fingerprint density at radius 2 is 2.16 bits per heavy atom. The van der Waals surface area contributed by atoms with Crippen molar-refractivity contribution in [2.24, 2.45) is 0 Å². The van der Waals surface area contributed by atoms with Gasteiger partial charge in [0.05, 0.1) is 6.10 Å². The molecule has 1 aliphatic rings. The zero-order chi connectivity index (χ0) is 13.5. The number of rotatable bonds is 7. The fourth-order valence-corrected chi connectivity index (χ4v) is 2.66. The molecule has 1 fully saturated rings. The monoisotopic (exact) mass is 262 g/mol. The van der Waals surface area contributed by atoms with Crippen LogP contribution in [0.3, 0.4) is 0 Å². The molecule has 0 bridgehead atoms. The molecule has 3 heteroatoms. The van der Waals surface area contributed by atoms with E-state index in [0.717, 1.165) is 32.8 Å². The molecule has 106 valence electrons. The molecule has 0 radical (unpaired) electrons. The van der Waals surface area contributed by atoms with Crippen molar-refractivity contribution in [3.8, 4) is 0 Å². The summed E-state index contributed by atoms with van der Waals surface area (Å²) in [5, 5.41) is 3.42. The number of benzene rings is 1. The number of anilines is 1. The molecule has 1 heterocycles. The summed E-state index contributed by atoms with van der Waals surface area (Å²) >= 11 is 0. The summed E-state index contributed by atoms with van der Waals surface area (Å²) in [5.74, 6) is 0. The molecule has 1 saturated heterocycles. The minimum absolute atomic E-state index is 0.409. The Kier molecular flexibility index (Phi) is 5.67. The van der Waals surface area contributed by atoms with E-state index < -0.39 is 0 Å². The molecule has 0 spiro atoms. The van der Waals surface area contributed by atoms with Crippen LogP contribution < -0.4 is 10.2 Å². The van der Waals surface area contributed by atoms with Crippen LogP contribution >= 0.6 is 0 Å². The maximum atomic E-state index is 5.77. The van der Waals surface area contributed by atoms with Gasteiger partial charge in [0.1, 0.15) is 0 Å². The quantitative estimate of drug-likeness (QED) is 0.818. The van der Waals surface area contributed by atoms with E-state index in [1.54, 1.807) is 0 Å². The highest BCUT2D eigenvalue weighted by Gasteiger charge is 2.19. The van der Waals surface area contributed by atoms with E-state index in [1.807, 2.05) is 0 Å². The molecule has 0 aliphatic carbocycles. The van der Waals surface area contributed by atoms with E-state index in [9.17, 15) is 0 Å². The van der Waals surface area contributed by atoms with Crippen molar-refractivity contribution in [3.05, 3.63) is 29.8 Å². The van der Waals surface area contributed by atoms with Crippen LogP contribution in [0.4, 0.5) is 5.69 Å². The third-order valence-corrected chi connectivity index (χ3v) is 3.73. The molecule has 1 aromatic rings. The molecule has 1 aliphatic heterocycles. The number of hydrogen-bond donors (Lipinski definition) is 1. The molecule has 1 aromatic carbocycles. The van der Waals surface area contributed by atoms with Crippen molar-refractivity contribution < 1.29 is 4.74 Å². The molecule has 1 atom stereocenters. The van der Waals surface area contributed by atoms with Gasteiger partial charge in [0.15, 0.2) is 0 Å². The van der Waals surface area contributed by atoms with Crippen LogP contribution in [0.25, 0.3) is 0 Å². The van der Waals surface area contributed by atoms with Crippen LogP contribution in [0.1, 0.15) is 32.3 Å². The van der Waals surface area contributed by atoms with Crippen LogP contribution in [-0.4, -0.2) is 32.3 Å². The van der Waals surface area contributed by atoms with E-state index in [0.29, 0.717) is 6.10 Å². The van der Waals surface area contributed by atoms with Crippen LogP contribution in [-0.2, 0) is 11.3 Å². The second kappa shape index (κ2) is 7.51. The Morgan fingerprint density at radius 1 is 1.32 bits per heavy atom. The molecule has 0 saturated carbocycles. The highest BCUT2D eigenvalue weighted by Crippen LogP contribution is 2.23. The maximum absolute atomic E-state index is 5.77. The maximum Gasteiger partial charge on any atom is 0.0750 e. The number of ether oxygens (including phenoxy) is 1. The summed E-state index contributed by atoms with van der Waals surface area (Å²) in [4.78, 5) is 2.45. The summed E-state index contributed by atoms with van der Waals surface area (Å²) in [7, 11) is 0. The average molecular weight is 262 g/mol. The van der Waals surface area contributed by atoms with Crippen molar-refractivity contribution in [3.63, 3.8) is 0 Å². The van der Waals surface area contributed by atoms with Gasteiger partial charge in [-0.15, -0.1) is 0 Å². The lowest BCUT2D eigenvalue weighted by Crippen LogP contribution is -2.33. The first-order chi connectivity index (χ1) is 9.35.